The summed E-state index contributed by atoms with van der Waals surface area (Å²) in [5.41, 5.74) is 21.1. The smallest absolute Gasteiger partial charge is 0.0726 e. The lowest BCUT2D eigenvalue weighted by Gasteiger charge is -2.34. The Hall–Kier alpha value is -8.00. The maximum absolute atomic E-state index is 9.94. The van der Waals surface area contributed by atoms with Gasteiger partial charge < -0.3 is 4.90 Å². The molecular formula is C62H39N. The van der Waals surface area contributed by atoms with Crippen molar-refractivity contribution in [1.29, 1.82) is 0 Å². The van der Waals surface area contributed by atoms with E-state index in [0.717, 1.165) is 33.6 Å². The summed E-state index contributed by atoms with van der Waals surface area (Å²) in [5, 5.41) is 0. The Kier molecular flexibility index (Phi) is 6.27. The first-order valence-electron chi connectivity index (χ1n) is 23.8. The Morgan fingerprint density at radius 2 is 0.603 bits per heavy atom. The first-order chi connectivity index (χ1) is 32.9. The summed E-state index contributed by atoms with van der Waals surface area (Å²) in [7, 11) is 0. The fraction of sp³-hybridized carbons (Fsp3) is 0.0323. The Balaban J connectivity index is 1.10. The van der Waals surface area contributed by atoms with Crippen LogP contribution in [0.15, 0.2) is 236 Å². The van der Waals surface area contributed by atoms with Gasteiger partial charge in [0.25, 0.3) is 0 Å². The Bertz CT molecular complexity index is 3460. The van der Waals surface area contributed by atoms with Crippen LogP contribution in [-0.4, -0.2) is 0 Å². The maximum Gasteiger partial charge on any atom is 0.0726 e. The van der Waals surface area contributed by atoms with Gasteiger partial charge in [-0.15, -0.1) is 0 Å². The molecule has 4 aliphatic carbocycles. The summed E-state index contributed by atoms with van der Waals surface area (Å²) in [4.78, 5) is 2.12. The molecule has 0 bridgehead atoms. The molecule has 2 spiro atoms. The molecule has 1 heteroatoms. The third-order valence-corrected chi connectivity index (χ3v) is 14.4. The van der Waals surface area contributed by atoms with E-state index in [4.69, 9.17) is 1.37 Å². The molecule has 0 saturated heterocycles. The van der Waals surface area contributed by atoms with Crippen molar-refractivity contribution in [2.45, 2.75) is 10.8 Å². The number of benzene rings is 10. The molecule has 0 aromatic heterocycles. The molecule has 4 aliphatic rings. The van der Waals surface area contributed by atoms with E-state index in [9.17, 15) is 4.11 Å². The van der Waals surface area contributed by atoms with Gasteiger partial charge in [0.2, 0.25) is 0 Å². The molecule has 0 amide bonds. The van der Waals surface area contributed by atoms with Crippen molar-refractivity contribution in [2.75, 3.05) is 4.90 Å². The summed E-state index contributed by atoms with van der Waals surface area (Å²) < 4.78 is 37.9. The van der Waals surface area contributed by atoms with Crippen LogP contribution < -0.4 is 4.90 Å². The van der Waals surface area contributed by atoms with E-state index in [1.165, 1.54) is 66.8 Å². The lowest BCUT2D eigenvalue weighted by molar-refractivity contribution is 0.792. The van der Waals surface area contributed by atoms with Gasteiger partial charge in [0.15, 0.2) is 0 Å². The van der Waals surface area contributed by atoms with Crippen molar-refractivity contribution >= 4 is 17.1 Å². The maximum atomic E-state index is 9.94. The minimum atomic E-state index is -0.625. The van der Waals surface area contributed by atoms with Gasteiger partial charge in [0.05, 0.1) is 22.0 Å². The van der Waals surface area contributed by atoms with Crippen molar-refractivity contribution in [3.05, 3.63) is 281 Å². The quantitative estimate of drug-likeness (QED) is 0.171. The van der Waals surface area contributed by atoms with Crippen LogP contribution in [0.25, 0.3) is 55.6 Å². The minimum absolute atomic E-state index is 0.0837. The van der Waals surface area contributed by atoms with Gasteiger partial charge in [-0.05, 0) is 125 Å². The van der Waals surface area contributed by atoms with Gasteiger partial charge in [-0.3, -0.25) is 0 Å². The SMILES string of the molecule is [2H]c1c([2H])c([2H])c(N(c2ccc3c(c2)C2(c4ccccc4-c4ccccc42)c2ccccc2-3)c2ccc3c(c2)C2(c4ccccc4-c4ccccc42)c2ccccc2-3)c(-c2ccccc2)c1[2H]. The Morgan fingerprint density at radius 3 is 0.984 bits per heavy atom. The highest BCUT2D eigenvalue weighted by molar-refractivity contribution is 5.99. The summed E-state index contributed by atoms with van der Waals surface area (Å²) in [6.45, 7) is 0. The van der Waals surface area contributed by atoms with Crippen molar-refractivity contribution in [1.82, 2.24) is 0 Å². The first-order valence-corrected chi connectivity index (χ1v) is 21.8. The monoisotopic (exact) mass is 801 g/mol. The predicted molar refractivity (Wildman–Crippen MR) is 259 cm³/mol. The zero-order chi connectivity index (χ0) is 44.8. The number of hydrogen-bond acceptors (Lipinski definition) is 1. The van der Waals surface area contributed by atoms with Gasteiger partial charge in [0.1, 0.15) is 0 Å². The second-order valence-corrected chi connectivity index (χ2v) is 17.2. The molecule has 14 rings (SSSR count). The average Bonchev–Trinajstić information content (AvgIpc) is 4.06. The molecule has 10 aromatic carbocycles. The van der Waals surface area contributed by atoms with Crippen molar-refractivity contribution in [3.63, 3.8) is 0 Å². The highest BCUT2D eigenvalue weighted by Crippen LogP contribution is 2.65. The number of para-hydroxylation sites is 1. The average molecular weight is 802 g/mol. The van der Waals surface area contributed by atoms with Crippen LogP contribution in [0.1, 0.15) is 50.0 Å². The molecule has 0 fully saturated rings. The Labute approximate surface area is 373 Å². The lowest BCUT2D eigenvalue weighted by Crippen LogP contribution is -2.26. The third-order valence-electron chi connectivity index (χ3n) is 14.4. The van der Waals surface area contributed by atoms with Crippen molar-refractivity contribution < 1.29 is 5.48 Å². The molecule has 63 heavy (non-hydrogen) atoms. The molecule has 1 nitrogen and oxygen atoms in total. The van der Waals surface area contributed by atoms with E-state index in [0.29, 0.717) is 16.8 Å². The molecule has 0 saturated carbocycles. The molecular weight excluding hydrogens is 759 g/mol. The van der Waals surface area contributed by atoms with E-state index in [1.807, 2.05) is 30.3 Å². The van der Waals surface area contributed by atoms with E-state index in [-0.39, 0.29) is 24.2 Å². The van der Waals surface area contributed by atoms with Crippen LogP contribution in [0.4, 0.5) is 17.1 Å². The molecule has 0 heterocycles. The van der Waals surface area contributed by atoms with Crippen LogP contribution in [0, 0.1) is 0 Å². The molecule has 0 N–H and O–H groups in total. The molecule has 0 atom stereocenters. The van der Waals surface area contributed by atoms with Crippen molar-refractivity contribution in [3.8, 4) is 55.6 Å². The molecule has 0 radical (unpaired) electrons. The number of rotatable bonds is 4. The summed E-state index contributed by atoms with van der Waals surface area (Å²) in [6, 6.07) is 75.1. The van der Waals surface area contributed by atoms with E-state index < -0.39 is 10.8 Å². The minimum Gasteiger partial charge on any atom is -0.310 e. The summed E-state index contributed by atoms with van der Waals surface area (Å²) in [6.07, 6.45) is 0. The van der Waals surface area contributed by atoms with Gasteiger partial charge in [-0.25, -0.2) is 0 Å². The van der Waals surface area contributed by atoms with Crippen LogP contribution in [0.3, 0.4) is 0 Å². The zero-order valence-electron chi connectivity index (χ0n) is 38.2. The van der Waals surface area contributed by atoms with Gasteiger partial charge in [-0.2, -0.15) is 0 Å². The van der Waals surface area contributed by atoms with Gasteiger partial charge >= 0.3 is 0 Å². The molecule has 0 unspecified atom stereocenters. The molecule has 10 aromatic rings. The van der Waals surface area contributed by atoms with Gasteiger partial charge in [0, 0.05) is 16.9 Å². The van der Waals surface area contributed by atoms with Crippen molar-refractivity contribution in [2.24, 2.45) is 0 Å². The van der Waals surface area contributed by atoms with Gasteiger partial charge in [-0.1, -0.05) is 206 Å². The normalized spacial score (nSPS) is 15.2. The van der Waals surface area contributed by atoms with E-state index >= 15 is 0 Å². The fourth-order valence-electron chi connectivity index (χ4n) is 12.1. The molecule has 292 valence electrons. The molecule has 0 aliphatic heterocycles. The highest BCUT2D eigenvalue weighted by atomic mass is 15.1. The second kappa shape index (κ2) is 12.8. The third kappa shape index (κ3) is 4.36. The second-order valence-electron chi connectivity index (χ2n) is 17.2. The predicted octanol–water partition coefficient (Wildman–Crippen LogP) is 15.5. The Morgan fingerprint density at radius 1 is 0.286 bits per heavy atom. The number of anilines is 3. The first kappa shape index (κ1) is 30.9. The standard InChI is InChI=1S/C62H39N/c1-2-18-40(19-3-1)43-20-10-17-33-60(43)63(41-34-36-50-48-25-8-15-31-56(48)61(58(50)38-41)52-27-11-4-21-44(52)45-22-5-12-28-53(45)61)42-35-37-51-49-26-9-16-32-57(49)62(59(51)39-42)54-29-13-6-23-46(54)47-24-7-14-30-55(47)62/h1-39H/i10D,17D,20D,33D. The lowest BCUT2D eigenvalue weighted by atomic mass is 9.70. The highest BCUT2D eigenvalue weighted by Gasteiger charge is 2.53. The van der Waals surface area contributed by atoms with Crippen LogP contribution in [-0.2, 0) is 10.8 Å². The van der Waals surface area contributed by atoms with Crippen LogP contribution in [0.5, 0.6) is 0 Å². The summed E-state index contributed by atoms with van der Waals surface area (Å²) in [5.74, 6) is 0. The summed E-state index contributed by atoms with van der Waals surface area (Å²) >= 11 is 0. The largest absolute Gasteiger partial charge is 0.310 e. The van der Waals surface area contributed by atoms with Crippen LogP contribution in [0.2, 0.25) is 0 Å². The van der Waals surface area contributed by atoms with Crippen LogP contribution >= 0.6 is 0 Å². The number of hydrogen-bond donors (Lipinski definition) is 0. The number of nitrogens with zero attached hydrogens (tertiary/aromatic N) is 1. The zero-order valence-corrected chi connectivity index (χ0v) is 34.2. The van der Waals surface area contributed by atoms with E-state index in [1.54, 1.807) is 0 Å². The topological polar surface area (TPSA) is 3.24 Å². The number of fused-ring (bicyclic) bond motifs is 20. The van der Waals surface area contributed by atoms with E-state index in [2.05, 4.69) is 187 Å². The fourth-order valence-corrected chi connectivity index (χ4v) is 12.1.